The molecule has 4 amide bonds. The normalized spacial score (nSPS) is 9.38. The zero-order chi connectivity index (χ0) is 10.3. The van der Waals surface area contributed by atoms with Gasteiger partial charge in [0, 0.05) is 24.8 Å². The van der Waals surface area contributed by atoms with Crippen LogP contribution in [-0.4, -0.2) is 41.8 Å². The molecule has 3 N–H and O–H groups in total. The average Bonchev–Trinajstić information content (AvgIpc) is 2.02. The molecule has 0 aromatic rings. The van der Waals surface area contributed by atoms with E-state index in [1.54, 1.807) is 0 Å². The summed E-state index contributed by atoms with van der Waals surface area (Å²) in [6.07, 6.45) is 0. The van der Waals surface area contributed by atoms with Crippen molar-refractivity contribution in [1.29, 1.82) is 0 Å². The highest BCUT2D eigenvalue weighted by molar-refractivity contribution is 6.18. The van der Waals surface area contributed by atoms with Gasteiger partial charge in [-0.05, 0) is 0 Å². The summed E-state index contributed by atoms with van der Waals surface area (Å²) in [6, 6.07) is -1.46. The van der Waals surface area contributed by atoms with Crippen LogP contribution in [0.15, 0.2) is 0 Å². The lowest BCUT2D eigenvalue weighted by atomic mass is 10.5. The molecule has 0 fully saturated rings. The van der Waals surface area contributed by atoms with Crippen LogP contribution in [0.4, 0.5) is 9.59 Å². The van der Waals surface area contributed by atoms with E-state index in [4.69, 9.17) is 28.9 Å². The van der Waals surface area contributed by atoms with E-state index in [0.717, 1.165) is 0 Å². The molecule has 0 radical (unpaired) electrons. The number of carbonyl (C=O) groups excluding carboxylic acids is 2. The molecule has 0 unspecified atom stereocenters. The van der Waals surface area contributed by atoms with Crippen molar-refractivity contribution in [2.75, 3.05) is 24.8 Å². The van der Waals surface area contributed by atoms with E-state index in [1.807, 2.05) is 5.32 Å². The Kier molecular flexibility index (Phi) is 6.44. The van der Waals surface area contributed by atoms with Crippen LogP contribution in [0, 0.1) is 0 Å². The van der Waals surface area contributed by atoms with Crippen LogP contribution in [0.5, 0.6) is 0 Å². The first-order valence-electron chi connectivity index (χ1n) is 3.59. The van der Waals surface area contributed by atoms with Gasteiger partial charge in [-0.3, -0.25) is 5.32 Å². The zero-order valence-electron chi connectivity index (χ0n) is 6.93. The fourth-order valence-electron chi connectivity index (χ4n) is 0.703. The molecule has 7 heteroatoms. The summed E-state index contributed by atoms with van der Waals surface area (Å²) >= 11 is 10.9. The lowest BCUT2D eigenvalue weighted by molar-refractivity contribution is 0.202. The van der Waals surface area contributed by atoms with Crippen LogP contribution in [-0.2, 0) is 0 Å². The highest BCUT2D eigenvalue weighted by Crippen LogP contribution is 1.92. The van der Waals surface area contributed by atoms with E-state index in [0.29, 0.717) is 13.1 Å². The van der Waals surface area contributed by atoms with Gasteiger partial charge in [0.1, 0.15) is 0 Å². The summed E-state index contributed by atoms with van der Waals surface area (Å²) in [7, 11) is 0. The second-order valence-corrected chi connectivity index (χ2v) is 2.92. The lowest BCUT2D eigenvalue weighted by Crippen LogP contribution is -2.46. The number of alkyl halides is 2. The van der Waals surface area contributed by atoms with Gasteiger partial charge < -0.3 is 10.6 Å². The second kappa shape index (κ2) is 6.80. The second-order valence-electron chi connectivity index (χ2n) is 2.16. The number of nitrogens with one attached hydrogen (secondary N) is 1. The lowest BCUT2D eigenvalue weighted by Gasteiger charge is -2.19. The molecular weight excluding hydrogens is 217 g/mol. The van der Waals surface area contributed by atoms with E-state index in [2.05, 4.69) is 0 Å². The Bertz CT molecular complexity index is 183. The Morgan fingerprint density at radius 2 is 1.69 bits per heavy atom. The minimum atomic E-state index is -0.890. The Morgan fingerprint density at radius 3 is 2.00 bits per heavy atom. The number of imide groups is 1. The van der Waals surface area contributed by atoms with Crippen molar-refractivity contribution in [3.63, 3.8) is 0 Å². The predicted molar refractivity (Wildman–Crippen MR) is 51.1 cm³/mol. The van der Waals surface area contributed by atoms with Crippen LogP contribution in [0.1, 0.15) is 0 Å². The third-order valence-corrected chi connectivity index (χ3v) is 1.56. The van der Waals surface area contributed by atoms with Crippen LogP contribution in [0.3, 0.4) is 0 Å². The number of hydrogen-bond donors (Lipinski definition) is 2. The molecule has 0 aliphatic heterocycles. The highest BCUT2D eigenvalue weighted by atomic mass is 35.5. The van der Waals surface area contributed by atoms with Gasteiger partial charge in [0.2, 0.25) is 0 Å². The van der Waals surface area contributed by atoms with Gasteiger partial charge in [-0.2, -0.15) is 0 Å². The van der Waals surface area contributed by atoms with Gasteiger partial charge >= 0.3 is 12.1 Å². The van der Waals surface area contributed by atoms with Crippen molar-refractivity contribution in [3.8, 4) is 0 Å². The van der Waals surface area contributed by atoms with Gasteiger partial charge in [0.15, 0.2) is 0 Å². The summed E-state index contributed by atoms with van der Waals surface area (Å²) in [5.74, 6) is 0.562. The average molecular weight is 228 g/mol. The quantitative estimate of drug-likeness (QED) is 0.689. The summed E-state index contributed by atoms with van der Waals surface area (Å²) < 4.78 is 0. The largest absolute Gasteiger partial charge is 0.351 e. The molecule has 0 bridgehead atoms. The molecule has 13 heavy (non-hydrogen) atoms. The number of nitrogens with two attached hydrogens (primary N) is 1. The molecule has 0 aromatic carbocycles. The topological polar surface area (TPSA) is 75.4 Å². The Hall–Kier alpha value is -0.680. The fourth-order valence-corrected chi connectivity index (χ4v) is 1.11. The third kappa shape index (κ3) is 5.54. The highest BCUT2D eigenvalue weighted by Gasteiger charge is 2.12. The van der Waals surface area contributed by atoms with E-state index in [-0.39, 0.29) is 11.8 Å². The maximum absolute atomic E-state index is 11.1. The Labute approximate surface area is 86.1 Å². The van der Waals surface area contributed by atoms with Gasteiger partial charge in [0.25, 0.3) is 0 Å². The van der Waals surface area contributed by atoms with Crippen molar-refractivity contribution in [3.05, 3.63) is 0 Å². The van der Waals surface area contributed by atoms with Crippen molar-refractivity contribution in [2.45, 2.75) is 0 Å². The Morgan fingerprint density at radius 1 is 1.23 bits per heavy atom. The van der Waals surface area contributed by atoms with E-state index < -0.39 is 12.1 Å². The minimum Gasteiger partial charge on any atom is -0.351 e. The molecule has 0 aromatic heterocycles. The van der Waals surface area contributed by atoms with Crippen molar-refractivity contribution >= 4 is 35.3 Å². The summed E-state index contributed by atoms with van der Waals surface area (Å²) in [5.41, 5.74) is 4.76. The van der Waals surface area contributed by atoms with Crippen LogP contribution in [0.25, 0.3) is 0 Å². The number of nitrogens with zero attached hydrogens (tertiary/aromatic N) is 1. The molecule has 0 rings (SSSR count). The first-order chi connectivity index (χ1) is 6.11. The molecule has 5 nitrogen and oxygen atoms in total. The van der Waals surface area contributed by atoms with Crippen molar-refractivity contribution < 1.29 is 9.59 Å². The summed E-state index contributed by atoms with van der Waals surface area (Å²) in [4.78, 5) is 22.8. The summed E-state index contributed by atoms with van der Waals surface area (Å²) in [5, 5.41) is 1.92. The monoisotopic (exact) mass is 227 g/mol. The predicted octanol–water partition coefficient (Wildman–Crippen LogP) is 0.554. The van der Waals surface area contributed by atoms with Crippen molar-refractivity contribution in [2.24, 2.45) is 5.73 Å². The van der Waals surface area contributed by atoms with Crippen LogP contribution < -0.4 is 11.1 Å². The minimum absolute atomic E-state index is 0.281. The fraction of sp³-hybridized carbons (Fsp3) is 0.667. The Balaban J connectivity index is 4.02. The number of carbonyl (C=O) groups is 2. The van der Waals surface area contributed by atoms with Crippen LogP contribution in [0.2, 0.25) is 0 Å². The number of urea groups is 2. The van der Waals surface area contributed by atoms with E-state index in [1.165, 1.54) is 4.90 Å². The van der Waals surface area contributed by atoms with Gasteiger partial charge in [0.05, 0.1) is 0 Å². The third-order valence-electron chi connectivity index (χ3n) is 1.23. The first-order valence-corrected chi connectivity index (χ1v) is 4.66. The number of hydrogen-bond acceptors (Lipinski definition) is 2. The molecule has 0 aliphatic carbocycles. The summed E-state index contributed by atoms with van der Waals surface area (Å²) in [6.45, 7) is 0.654. The number of primary amides is 1. The van der Waals surface area contributed by atoms with Gasteiger partial charge in [-0.1, -0.05) is 0 Å². The maximum atomic E-state index is 11.1. The number of amides is 4. The van der Waals surface area contributed by atoms with E-state index >= 15 is 0 Å². The molecule has 76 valence electrons. The molecule has 0 spiro atoms. The molecule has 0 saturated carbocycles. The SMILES string of the molecule is NC(=O)NC(=O)N(CCCl)CCCl. The molecule has 0 heterocycles. The number of rotatable bonds is 4. The molecule has 0 aliphatic rings. The molecule has 0 atom stereocenters. The standard InChI is InChI=1S/C6H11Cl2N3O2/c7-1-3-11(4-2-8)6(13)10-5(9)12/h1-4H2,(H3,9,10,12,13). The first kappa shape index (κ1) is 12.3. The van der Waals surface area contributed by atoms with E-state index in [9.17, 15) is 9.59 Å². The van der Waals surface area contributed by atoms with Gasteiger partial charge in [-0.25, -0.2) is 9.59 Å². The zero-order valence-corrected chi connectivity index (χ0v) is 8.44. The molecule has 0 saturated heterocycles. The molecular formula is C6H11Cl2N3O2. The smallest absolute Gasteiger partial charge is 0.325 e. The van der Waals surface area contributed by atoms with Gasteiger partial charge in [-0.15, -0.1) is 23.2 Å². The van der Waals surface area contributed by atoms with Crippen LogP contribution >= 0.6 is 23.2 Å². The number of halogens is 2. The van der Waals surface area contributed by atoms with Crippen molar-refractivity contribution in [1.82, 2.24) is 10.2 Å². The maximum Gasteiger partial charge on any atom is 0.325 e.